The Morgan fingerprint density at radius 3 is 1.93 bits per heavy atom. The maximum Gasteiger partial charge on any atom is 0.209 e. The van der Waals surface area contributed by atoms with Gasteiger partial charge in [0.15, 0.2) is 11.3 Å². The molecule has 13 heteroatoms. The first-order valence-corrected chi connectivity index (χ1v) is 15.4. The lowest BCUT2D eigenvalue weighted by molar-refractivity contribution is 0.627. The summed E-state index contributed by atoms with van der Waals surface area (Å²) < 4.78 is 30.4. The van der Waals surface area contributed by atoms with Gasteiger partial charge in [0.2, 0.25) is 5.13 Å². The fraction of sp³-hybridized carbons (Fsp3) is 0. The topological polar surface area (TPSA) is 98.2 Å². The molecule has 0 fully saturated rings. The molecule has 0 saturated carbocycles. The zero-order chi connectivity index (χ0) is 30.8. The minimum atomic E-state index is -0.263. The Morgan fingerprint density at radius 2 is 1.29 bits per heavy atom. The third-order valence-electron chi connectivity index (χ3n) is 6.81. The molecule has 45 heavy (non-hydrogen) atoms. The summed E-state index contributed by atoms with van der Waals surface area (Å²) in [5.41, 5.74) is 9.68. The molecule has 0 bridgehead atoms. The Balaban J connectivity index is 0.000000163. The van der Waals surface area contributed by atoms with Gasteiger partial charge in [-0.05, 0) is 75.7 Å². The van der Waals surface area contributed by atoms with Crippen molar-refractivity contribution in [3.05, 3.63) is 131 Å². The molecule has 0 unspecified atom stereocenters. The summed E-state index contributed by atoms with van der Waals surface area (Å²) in [6, 6.07) is 20.6. The van der Waals surface area contributed by atoms with Crippen LogP contribution in [-0.4, -0.2) is 39.4 Å². The van der Waals surface area contributed by atoms with Gasteiger partial charge in [0, 0.05) is 47.2 Å². The van der Waals surface area contributed by atoms with Gasteiger partial charge in [0.25, 0.3) is 0 Å². The second kappa shape index (κ2) is 12.5. The molecule has 5 heterocycles. The van der Waals surface area contributed by atoms with Crippen LogP contribution >= 0.6 is 33.9 Å². The van der Waals surface area contributed by atoms with E-state index in [9.17, 15) is 8.78 Å². The predicted octanol–water partition coefficient (Wildman–Crippen LogP) is 7.94. The van der Waals surface area contributed by atoms with Gasteiger partial charge in [0.05, 0.1) is 16.0 Å². The van der Waals surface area contributed by atoms with Crippen LogP contribution < -0.4 is 5.32 Å². The van der Waals surface area contributed by atoms with E-state index in [2.05, 4.69) is 58.3 Å². The van der Waals surface area contributed by atoms with Crippen molar-refractivity contribution in [1.82, 2.24) is 39.4 Å². The Labute approximate surface area is 272 Å². The molecule has 0 aliphatic heterocycles. The Morgan fingerprint density at radius 1 is 0.667 bits per heavy atom. The quantitative estimate of drug-likeness (QED) is 0.180. The standard InChI is InChI=1S/C20H13FN6S.C12H7FIN3/c21-16-6-4-13(5-7-16)15-9-22-19-18(10-24-27(19)11-15)14-2-1-3-17(8-14)25-20-26-23-12-28-20;13-10-3-1-8(2-4-10)9-5-15-12-11(14)6-16-17(12)7-9/h1-12H,(H,25,26);1-7H. The highest BCUT2D eigenvalue weighted by molar-refractivity contribution is 14.1. The van der Waals surface area contributed by atoms with Crippen LogP contribution in [0.1, 0.15) is 0 Å². The average Bonchev–Trinajstić information content (AvgIpc) is 3.82. The van der Waals surface area contributed by atoms with Crippen LogP contribution in [0.5, 0.6) is 0 Å². The van der Waals surface area contributed by atoms with Crippen molar-refractivity contribution in [2.45, 2.75) is 0 Å². The lowest BCUT2D eigenvalue weighted by Gasteiger charge is -2.06. The average molecular weight is 728 g/mol. The predicted molar refractivity (Wildman–Crippen MR) is 178 cm³/mol. The molecule has 0 radical (unpaired) electrons. The normalized spacial score (nSPS) is 11.0. The third-order valence-corrected chi connectivity index (χ3v) is 8.18. The maximum atomic E-state index is 13.2. The number of fused-ring (bicyclic) bond motifs is 2. The smallest absolute Gasteiger partial charge is 0.209 e. The molecular formula is C32H20F2IN9S. The van der Waals surface area contributed by atoms with Gasteiger partial charge >= 0.3 is 0 Å². The summed E-state index contributed by atoms with van der Waals surface area (Å²) in [6.45, 7) is 0. The molecule has 1 N–H and O–H groups in total. The number of hydrogen-bond acceptors (Lipinski definition) is 8. The van der Waals surface area contributed by atoms with Gasteiger partial charge in [-0.25, -0.2) is 27.8 Å². The van der Waals surface area contributed by atoms with Crippen LogP contribution in [0.25, 0.3) is 44.7 Å². The second-order valence-electron chi connectivity index (χ2n) is 9.74. The van der Waals surface area contributed by atoms with Crippen molar-refractivity contribution in [3.8, 4) is 33.4 Å². The number of aromatic nitrogens is 8. The highest BCUT2D eigenvalue weighted by Crippen LogP contribution is 2.29. The lowest BCUT2D eigenvalue weighted by atomic mass is 10.1. The van der Waals surface area contributed by atoms with Crippen molar-refractivity contribution < 1.29 is 8.78 Å². The van der Waals surface area contributed by atoms with Crippen LogP contribution in [0.4, 0.5) is 19.6 Å². The van der Waals surface area contributed by atoms with Crippen molar-refractivity contribution >= 4 is 56.0 Å². The lowest BCUT2D eigenvalue weighted by Crippen LogP contribution is -1.93. The molecule has 0 amide bonds. The van der Waals surface area contributed by atoms with Gasteiger partial charge in [-0.15, -0.1) is 10.2 Å². The number of anilines is 2. The molecule has 0 spiro atoms. The summed E-state index contributed by atoms with van der Waals surface area (Å²) in [4.78, 5) is 8.93. The van der Waals surface area contributed by atoms with Gasteiger partial charge in [-0.2, -0.15) is 10.2 Å². The largest absolute Gasteiger partial charge is 0.330 e. The van der Waals surface area contributed by atoms with E-state index in [-0.39, 0.29) is 11.6 Å². The van der Waals surface area contributed by atoms with E-state index in [0.717, 1.165) is 59.1 Å². The highest BCUT2D eigenvalue weighted by atomic mass is 127. The SMILES string of the molecule is Fc1ccc(-c2cnc3c(-c4cccc(Nc5nncs5)c4)cnn3c2)cc1.Fc1ccc(-c2cnc3c(I)cnn3c2)cc1. The van der Waals surface area contributed by atoms with Crippen molar-refractivity contribution in [1.29, 1.82) is 0 Å². The molecule has 0 aliphatic carbocycles. The van der Waals surface area contributed by atoms with Crippen molar-refractivity contribution in [3.63, 3.8) is 0 Å². The molecule has 5 aromatic heterocycles. The molecule has 9 nitrogen and oxygen atoms in total. The molecule has 0 atom stereocenters. The first-order chi connectivity index (χ1) is 22.0. The molecule has 8 aromatic rings. The molecule has 220 valence electrons. The van der Waals surface area contributed by atoms with Crippen LogP contribution in [-0.2, 0) is 0 Å². The maximum absolute atomic E-state index is 13.2. The molecule has 0 aliphatic rings. The van der Waals surface area contributed by atoms with E-state index >= 15 is 0 Å². The van der Waals surface area contributed by atoms with E-state index < -0.39 is 0 Å². The summed E-state index contributed by atoms with van der Waals surface area (Å²) >= 11 is 3.63. The Bertz CT molecular complexity index is 2230. The van der Waals surface area contributed by atoms with Gasteiger partial charge in [-0.1, -0.05) is 47.7 Å². The van der Waals surface area contributed by atoms with E-state index in [1.807, 2.05) is 36.7 Å². The zero-order valence-electron chi connectivity index (χ0n) is 23.1. The van der Waals surface area contributed by atoms with E-state index in [1.54, 1.807) is 63.6 Å². The Kier molecular flexibility index (Phi) is 7.92. The van der Waals surface area contributed by atoms with Crippen molar-refractivity contribution in [2.75, 3.05) is 5.32 Å². The minimum absolute atomic E-state index is 0.239. The van der Waals surface area contributed by atoms with Gasteiger partial charge in [0.1, 0.15) is 17.1 Å². The summed E-state index contributed by atoms with van der Waals surface area (Å²) in [5, 5.41) is 20.4. The van der Waals surface area contributed by atoms with Gasteiger partial charge in [-0.3, -0.25) is 0 Å². The zero-order valence-corrected chi connectivity index (χ0v) is 26.1. The monoisotopic (exact) mass is 727 g/mol. The number of nitrogens with zero attached hydrogens (tertiary/aromatic N) is 8. The highest BCUT2D eigenvalue weighted by Gasteiger charge is 2.11. The summed E-state index contributed by atoms with van der Waals surface area (Å²) in [7, 11) is 0. The van der Waals surface area contributed by atoms with Crippen LogP contribution in [0.3, 0.4) is 0 Å². The fourth-order valence-electron chi connectivity index (χ4n) is 4.62. The number of halogens is 3. The number of benzene rings is 3. The molecule has 8 rings (SSSR count). The summed E-state index contributed by atoms with van der Waals surface area (Å²) in [5.74, 6) is -0.502. The second-order valence-corrected chi connectivity index (χ2v) is 11.7. The van der Waals surface area contributed by atoms with E-state index in [0.29, 0.717) is 0 Å². The third kappa shape index (κ3) is 6.25. The first kappa shape index (κ1) is 28.6. The van der Waals surface area contributed by atoms with E-state index in [4.69, 9.17) is 0 Å². The van der Waals surface area contributed by atoms with Crippen molar-refractivity contribution in [2.24, 2.45) is 0 Å². The molecule has 0 saturated heterocycles. The minimum Gasteiger partial charge on any atom is -0.330 e. The van der Waals surface area contributed by atoms with Crippen LogP contribution in [0.2, 0.25) is 0 Å². The van der Waals surface area contributed by atoms with Crippen LogP contribution in [0, 0.1) is 15.2 Å². The number of rotatable bonds is 5. The molecular weight excluding hydrogens is 707 g/mol. The van der Waals surface area contributed by atoms with Gasteiger partial charge < -0.3 is 5.32 Å². The van der Waals surface area contributed by atoms with E-state index in [1.165, 1.54) is 35.6 Å². The fourth-order valence-corrected chi connectivity index (χ4v) is 5.60. The first-order valence-electron chi connectivity index (χ1n) is 13.5. The number of hydrogen-bond donors (Lipinski definition) is 1. The Hall–Kier alpha value is -5.15. The van der Waals surface area contributed by atoms with Crippen LogP contribution in [0.15, 0.2) is 115 Å². The summed E-state index contributed by atoms with van der Waals surface area (Å²) in [6.07, 6.45) is 10.9. The number of nitrogens with one attached hydrogen (secondary N) is 1. The molecule has 3 aromatic carbocycles.